The number of nitro benzene ring substituents is 1. The normalized spacial score (nSPS) is 16.5. The second-order valence-corrected chi connectivity index (χ2v) is 5.32. The molecule has 0 bridgehead atoms. The van der Waals surface area contributed by atoms with Crippen molar-refractivity contribution in [3.05, 3.63) is 28.3 Å². The summed E-state index contributed by atoms with van der Waals surface area (Å²) in [4.78, 5) is 15.0. The highest BCUT2D eigenvalue weighted by molar-refractivity contribution is 5.64. The highest BCUT2D eigenvalue weighted by Gasteiger charge is 2.22. The molecule has 2 rings (SSSR count). The molecule has 1 aromatic rings. The standard InChI is InChI=1S/C13H21N5O2/c1-16(2)11-3-5-17(6-4-11)12-7-10(15-14)8-13(9-12)18(19)20/h7-9,11,15H,3-6,14H2,1-2H3. The fourth-order valence-electron chi connectivity index (χ4n) is 2.61. The Labute approximate surface area is 118 Å². The van der Waals surface area contributed by atoms with E-state index in [1.165, 1.54) is 6.07 Å². The van der Waals surface area contributed by atoms with Crippen LogP contribution in [0.3, 0.4) is 0 Å². The maximum Gasteiger partial charge on any atom is 0.273 e. The van der Waals surface area contributed by atoms with E-state index in [2.05, 4.69) is 29.3 Å². The van der Waals surface area contributed by atoms with Gasteiger partial charge in [-0.15, -0.1) is 0 Å². The molecule has 1 aliphatic heterocycles. The van der Waals surface area contributed by atoms with Crippen molar-refractivity contribution in [2.75, 3.05) is 37.5 Å². The van der Waals surface area contributed by atoms with Gasteiger partial charge in [-0.1, -0.05) is 0 Å². The van der Waals surface area contributed by atoms with Crippen LogP contribution in [0.25, 0.3) is 0 Å². The van der Waals surface area contributed by atoms with E-state index in [1.54, 1.807) is 6.07 Å². The Morgan fingerprint density at radius 3 is 2.50 bits per heavy atom. The van der Waals surface area contributed by atoms with Gasteiger partial charge in [0.25, 0.3) is 5.69 Å². The number of non-ortho nitro benzene ring substituents is 1. The van der Waals surface area contributed by atoms with Crippen molar-refractivity contribution in [2.45, 2.75) is 18.9 Å². The predicted octanol–water partition coefficient (Wildman–Crippen LogP) is 1.41. The molecule has 3 N–H and O–H groups in total. The Morgan fingerprint density at radius 2 is 2.00 bits per heavy atom. The van der Waals surface area contributed by atoms with Crippen molar-refractivity contribution in [3.63, 3.8) is 0 Å². The summed E-state index contributed by atoms with van der Waals surface area (Å²) in [5, 5.41) is 11.0. The minimum Gasteiger partial charge on any atom is -0.371 e. The zero-order valence-corrected chi connectivity index (χ0v) is 11.9. The number of nitro groups is 1. The molecule has 0 aromatic heterocycles. The first kappa shape index (κ1) is 14.5. The molecule has 0 saturated carbocycles. The van der Waals surface area contributed by atoms with Gasteiger partial charge in [0.05, 0.1) is 10.6 Å². The monoisotopic (exact) mass is 279 g/mol. The largest absolute Gasteiger partial charge is 0.371 e. The molecular formula is C13H21N5O2. The molecule has 7 heteroatoms. The second-order valence-electron chi connectivity index (χ2n) is 5.32. The van der Waals surface area contributed by atoms with Crippen molar-refractivity contribution in [1.29, 1.82) is 0 Å². The highest BCUT2D eigenvalue weighted by Crippen LogP contribution is 2.29. The Hall–Kier alpha value is -1.86. The summed E-state index contributed by atoms with van der Waals surface area (Å²) in [7, 11) is 4.17. The van der Waals surface area contributed by atoms with Gasteiger partial charge in [0, 0.05) is 37.0 Å². The molecule has 0 spiro atoms. The maximum atomic E-state index is 11.0. The SMILES string of the molecule is CN(C)C1CCN(c2cc(NN)cc([N+](=O)[O-])c2)CC1. The van der Waals surface area contributed by atoms with Crippen LogP contribution >= 0.6 is 0 Å². The average molecular weight is 279 g/mol. The minimum atomic E-state index is -0.392. The minimum absolute atomic E-state index is 0.0604. The van der Waals surface area contributed by atoms with Crippen LogP contribution in [-0.4, -0.2) is 43.0 Å². The van der Waals surface area contributed by atoms with E-state index in [-0.39, 0.29) is 5.69 Å². The third-order valence-corrected chi connectivity index (χ3v) is 3.84. The molecule has 1 heterocycles. The number of hydrogen-bond acceptors (Lipinski definition) is 6. The zero-order valence-electron chi connectivity index (χ0n) is 11.9. The average Bonchev–Trinajstić information content (AvgIpc) is 2.46. The molecule has 1 aromatic carbocycles. The van der Waals surface area contributed by atoms with E-state index in [0.29, 0.717) is 11.7 Å². The Balaban J connectivity index is 2.17. The topological polar surface area (TPSA) is 87.7 Å². The van der Waals surface area contributed by atoms with Gasteiger partial charge in [-0.05, 0) is 33.0 Å². The van der Waals surface area contributed by atoms with Gasteiger partial charge < -0.3 is 15.2 Å². The van der Waals surface area contributed by atoms with Crippen LogP contribution in [0.2, 0.25) is 0 Å². The quantitative estimate of drug-likeness (QED) is 0.492. The second kappa shape index (κ2) is 6.06. The first-order valence-corrected chi connectivity index (χ1v) is 6.68. The first-order valence-electron chi connectivity index (χ1n) is 6.68. The molecule has 20 heavy (non-hydrogen) atoms. The summed E-state index contributed by atoms with van der Waals surface area (Å²) in [5.41, 5.74) is 3.96. The third-order valence-electron chi connectivity index (χ3n) is 3.84. The van der Waals surface area contributed by atoms with Crippen LogP contribution in [0.15, 0.2) is 18.2 Å². The molecule has 0 radical (unpaired) electrons. The molecular weight excluding hydrogens is 258 g/mol. The van der Waals surface area contributed by atoms with Crippen LogP contribution in [0.1, 0.15) is 12.8 Å². The zero-order chi connectivity index (χ0) is 14.7. The third kappa shape index (κ3) is 3.17. The van der Waals surface area contributed by atoms with E-state index < -0.39 is 4.92 Å². The number of benzene rings is 1. The molecule has 0 amide bonds. The molecule has 110 valence electrons. The van der Waals surface area contributed by atoms with Crippen LogP contribution < -0.4 is 16.2 Å². The van der Waals surface area contributed by atoms with Crippen molar-refractivity contribution < 1.29 is 4.92 Å². The van der Waals surface area contributed by atoms with Gasteiger partial charge in [-0.3, -0.25) is 16.0 Å². The van der Waals surface area contributed by atoms with Gasteiger partial charge in [-0.25, -0.2) is 0 Å². The van der Waals surface area contributed by atoms with E-state index in [1.807, 2.05) is 6.07 Å². The summed E-state index contributed by atoms with van der Waals surface area (Å²) in [6.45, 7) is 1.79. The molecule has 0 aliphatic carbocycles. The van der Waals surface area contributed by atoms with Gasteiger partial charge in [0.15, 0.2) is 0 Å². The number of rotatable bonds is 4. The number of nitrogens with zero attached hydrogens (tertiary/aromatic N) is 3. The first-order chi connectivity index (χ1) is 9.51. The number of nitrogens with two attached hydrogens (primary N) is 1. The molecule has 7 nitrogen and oxygen atoms in total. The van der Waals surface area contributed by atoms with Crippen molar-refractivity contribution in [3.8, 4) is 0 Å². The molecule has 0 unspecified atom stereocenters. The maximum absolute atomic E-state index is 11.0. The number of anilines is 2. The molecule has 1 aliphatic rings. The fourth-order valence-corrected chi connectivity index (χ4v) is 2.61. The van der Waals surface area contributed by atoms with Crippen LogP contribution in [-0.2, 0) is 0 Å². The van der Waals surface area contributed by atoms with Crippen molar-refractivity contribution >= 4 is 17.1 Å². The number of hydrogen-bond donors (Lipinski definition) is 2. The summed E-state index contributed by atoms with van der Waals surface area (Å²) >= 11 is 0. The van der Waals surface area contributed by atoms with Gasteiger partial charge in [0.1, 0.15) is 0 Å². The Kier molecular flexibility index (Phi) is 4.41. The van der Waals surface area contributed by atoms with Crippen LogP contribution in [0.4, 0.5) is 17.1 Å². The lowest BCUT2D eigenvalue weighted by molar-refractivity contribution is -0.384. The van der Waals surface area contributed by atoms with Crippen molar-refractivity contribution in [2.24, 2.45) is 5.84 Å². The smallest absolute Gasteiger partial charge is 0.273 e. The number of hydrazine groups is 1. The fraction of sp³-hybridized carbons (Fsp3) is 0.538. The highest BCUT2D eigenvalue weighted by atomic mass is 16.6. The van der Waals surface area contributed by atoms with Gasteiger partial charge in [0.2, 0.25) is 0 Å². The van der Waals surface area contributed by atoms with Crippen molar-refractivity contribution in [1.82, 2.24) is 4.90 Å². The van der Waals surface area contributed by atoms with Crippen LogP contribution in [0.5, 0.6) is 0 Å². The van der Waals surface area contributed by atoms with Gasteiger partial charge in [-0.2, -0.15) is 0 Å². The van der Waals surface area contributed by atoms with Crippen LogP contribution in [0, 0.1) is 10.1 Å². The number of nitrogen functional groups attached to an aromatic ring is 1. The Bertz CT molecular complexity index is 484. The molecule has 1 saturated heterocycles. The lowest BCUT2D eigenvalue weighted by atomic mass is 10.0. The van der Waals surface area contributed by atoms with Gasteiger partial charge >= 0.3 is 0 Å². The summed E-state index contributed by atoms with van der Waals surface area (Å²) in [5.74, 6) is 5.38. The predicted molar refractivity (Wildman–Crippen MR) is 79.8 cm³/mol. The number of nitrogens with one attached hydrogen (secondary N) is 1. The summed E-state index contributed by atoms with van der Waals surface area (Å²) < 4.78 is 0. The van der Waals surface area contributed by atoms with E-state index in [0.717, 1.165) is 31.6 Å². The number of piperidine rings is 1. The molecule has 1 fully saturated rings. The summed E-state index contributed by atoms with van der Waals surface area (Å²) in [6, 6.07) is 5.48. The van der Waals surface area contributed by atoms with E-state index in [9.17, 15) is 10.1 Å². The van der Waals surface area contributed by atoms with E-state index >= 15 is 0 Å². The lowest BCUT2D eigenvalue weighted by Gasteiger charge is -2.36. The summed E-state index contributed by atoms with van der Waals surface area (Å²) in [6.07, 6.45) is 2.11. The Morgan fingerprint density at radius 1 is 1.35 bits per heavy atom. The lowest BCUT2D eigenvalue weighted by Crippen LogP contribution is -2.42. The molecule has 0 atom stereocenters. The van der Waals surface area contributed by atoms with E-state index in [4.69, 9.17) is 5.84 Å².